The molecule has 1 aromatic rings. The van der Waals surface area contributed by atoms with Gasteiger partial charge >= 0.3 is 0 Å². The van der Waals surface area contributed by atoms with E-state index >= 15 is 0 Å². The summed E-state index contributed by atoms with van der Waals surface area (Å²) in [7, 11) is 0. The molecule has 0 atom stereocenters. The van der Waals surface area contributed by atoms with Crippen LogP contribution in [0.1, 0.15) is 18.4 Å². The molecule has 0 bridgehead atoms. The number of rotatable bonds is 4. The lowest BCUT2D eigenvalue weighted by Crippen LogP contribution is -2.37. The van der Waals surface area contributed by atoms with Gasteiger partial charge in [0.25, 0.3) is 0 Å². The minimum absolute atomic E-state index is 0.106. The van der Waals surface area contributed by atoms with Gasteiger partial charge in [-0.2, -0.15) is 0 Å². The van der Waals surface area contributed by atoms with Gasteiger partial charge in [0.1, 0.15) is 0 Å². The molecule has 100 valence electrons. The fraction of sp³-hybridized carbons (Fsp3) is 0.571. The van der Waals surface area contributed by atoms with Crippen LogP contribution in [0.5, 0.6) is 0 Å². The lowest BCUT2D eigenvalue weighted by Gasteiger charge is -2.33. The molecule has 0 unspecified atom stereocenters. The summed E-state index contributed by atoms with van der Waals surface area (Å²) in [6.07, 6.45) is 2.30. The van der Waals surface area contributed by atoms with E-state index in [2.05, 4.69) is 17.9 Å². The van der Waals surface area contributed by atoms with Crippen molar-refractivity contribution >= 4 is 11.4 Å². The fourth-order valence-corrected chi connectivity index (χ4v) is 2.47. The van der Waals surface area contributed by atoms with E-state index in [9.17, 15) is 0 Å². The molecule has 18 heavy (non-hydrogen) atoms. The van der Waals surface area contributed by atoms with E-state index in [1.54, 1.807) is 0 Å². The fourth-order valence-electron chi connectivity index (χ4n) is 2.47. The van der Waals surface area contributed by atoms with Crippen LogP contribution in [0.15, 0.2) is 18.2 Å². The number of hydrogen-bond donors (Lipinski definition) is 2. The minimum atomic E-state index is 0.106. The third kappa shape index (κ3) is 3.37. The molecule has 0 aromatic heterocycles. The second kappa shape index (κ2) is 6.07. The Balaban J connectivity index is 1.92. The average molecular weight is 250 g/mol. The molecule has 1 aromatic carbocycles. The van der Waals surface area contributed by atoms with Crippen molar-refractivity contribution < 1.29 is 9.84 Å². The molecule has 0 spiro atoms. The van der Waals surface area contributed by atoms with Crippen molar-refractivity contribution in [2.24, 2.45) is 0 Å². The third-order valence-electron chi connectivity index (χ3n) is 3.34. The molecule has 1 aliphatic heterocycles. The van der Waals surface area contributed by atoms with Gasteiger partial charge in [-0.25, -0.2) is 0 Å². The number of aryl methyl sites for hydroxylation is 1. The molecule has 1 saturated heterocycles. The van der Waals surface area contributed by atoms with Crippen molar-refractivity contribution in [1.82, 2.24) is 0 Å². The zero-order chi connectivity index (χ0) is 13.0. The summed E-state index contributed by atoms with van der Waals surface area (Å²) < 4.78 is 5.56. The van der Waals surface area contributed by atoms with Crippen LogP contribution >= 0.6 is 0 Å². The maximum absolute atomic E-state index is 8.74. The number of aliphatic hydroxyl groups excluding tert-OH is 1. The highest BCUT2D eigenvalue weighted by Crippen LogP contribution is 2.24. The molecule has 0 saturated carbocycles. The molecular formula is C14H22N2O2. The van der Waals surface area contributed by atoms with Crippen LogP contribution in [0.4, 0.5) is 11.4 Å². The molecule has 3 N–H and O–H groups in total. The number of nitrogens with zero attached hydrogens (tertiary/aromatic N) is 1. The van der Waals surface area contributed by atoms with Crippen molar-refractivity contribution in [3.05, 3.63) is 23.8 Å². The van der Waals surface area contributed by atoms with Crippen molar-refractivity contribution in [3.8, 4) is 0 Å². The Hall–Kier alpha value is -1.26. The zero-order valence-corrected chi connectivity index (χ0v) is 10.9. The van der Waals surface area contributed by atoms with Gasteiger partial charge in [0.15, 0.2) is 0 Å². The normalized spacial score (nSPS) is 17.1. The predicted molar refractivity (Wildman–Crippen MR) is 73.9 cm³/mol. The number of hydrogen-bond acceptors (Lipinski definition) is 4. The summed E-state index contributed by atoms with van der Waals surface area (Å²) in [5.74, 6) is 0. The van der Waals surface area contributed by atoms with Crippen molar-refractivity contribution in [2.45, 2.75) is 25.9 Å². The average Bonchev–Trinajstić information content (AvgIpc) is 2.36. The summed E-state index contributed by atoms with van der Waals surface area (Å²) in [5, 5.41) is 8.74. The largest absolute Gasteiger partial charge is 0.399 e. The first kappa shape index (κ1) is 13.2. The van der Waals surface area contributed by atoms with Gasteiger partial charge < -0.3 is 20.5 Å². The quantitative estimate of drug-likeness (QED) is 0.796. The van der Waals surface area contributed by atoms with Crippen LogP contribution in [0.2, 0.25) is 0 Å². The highest BCUT2D eigenvalue weighted by molar-refractivity contribution is 5.58. The number of benzene rings is 1. The molecule has 2 rings (SSSR count). The van der Waals surface area contributed by atoms with Gasteiger partial charge in [-0.05, 0) is 43.5 Å². The number of ether oxygens (including phenoxy) is 1. The molecular weight excluding hydrogens is 228 g/mol. The summed E-state index contributed by atoms with van der Waals surface area (Å²) in [4.78, 5) is 2.35. The standard InChI is InChI=1S/C14H22N2O2/c1-11-8-12(15)10-13(9-11)16-4-2-14(3-5-16)18-7-6-17/h8-10,14,17H,2-7,15H2,1H3. The van der Waals surface area contributed by atoms with Crippen LogP contribution in [0.3, 0.4) is 0 Å². The number of piperidine rings is 1. The van der Waals surface area contributed by atoms with E-state index in [1.807, 2.05) is 12.1 Å². The molecule has 4 nitrogen and oxygen atoms in total. The Morgan fingerprint density at radius 3 is 2.67 bits per heavy atom. The van der Waals surface area contributed by atoms with Crippen molar-refractivity contribution in [1.29, 1.82) is 0 Å². The topological polar surface area (TPSA) is 58.7 Å². The lowest BCUT2D eigenvalue weighted by atomic mass is 10.1. The molecule has 1 fully saturated rings. The monoisotopic (exact) mass is 250 g/mol. The Kier molecular flexibility index (Phi) is 4.44. The number of nitrogen functional groups attached to an aromatic ring is 1. The molecule has 0 amide bonds. The SMILES string of the molecule is Cc1cc(N)cc(N2CCC(OCCO)CC2)c1. The Morgan fingerprint density at radius 2 is 2.06 bits per heavy atom. The van der Waals surface area contributed by atoms with Gasteiger partial charge in [0.05, 0.1) is 19.3 Å². The molecule has 1 aliphatic rings. The lowest BCUT2D eigenvalue weighted by molar-refractivity contribution is 0.0159. The van der Waals surface area contributed by atoms with Gasteiger partial charge in [-0.1, -0.05) is 0 Å². The highest BCUT2D eigenvalue weighted by Gasteiger charge is 2.19. The van der Waals surface area contributed by atoms with Crippen molar-refractivity contribution in [2.75, 3.05) is 36.9 Å². The van der Waals surface area contributed by atoms with E-state index in [4.69, 9.17) is 15.6 Å². The van der Waals surface area contributed by atoms with Crippen molar-refractivity contribution in [3.63, 3.8) is 0 Å². The maximum Gasteiger partial charge on any atom is 0.0701 e. The Morgan fingerprint density at radius 1 is 1.33 bits per heavy atom. The number of aliphatic hydroxyl groups is 1. The second-order valence-corrected chi connectivity index (χ2v) is 4.88. The predicted octanol–water partition coefficient (Wildman–Crippen LogP) is 1.55. The summed E-state index contributed by atoms with van der Waals surface area (Å²) in [6.45, 7) is 4.59. The Bertz CT molecular complexity index is 367. The van der Waals surface area contributed by atoms with Crippen LogP contribution in [0, 0.1) is 6.92 Å². The van der Waals surface area contributed by atoms with Crippen LogP contribution < -0.4 is 10.6 Å². The van der Waals surface area contributed by atoms with E-state index in [1.165, 1.54) is 11.3 Å². The minimum Gasteiger partial charge on any atom is -0.399 e. The summed E-state index contributed by atoms with van der Waals surface area (Å²) in [5.41, 5.74) is 9.10. The molecule has 4 heteroatoms. The first-order valence-corrected chi connectivity index (χ1v) is 6.53. The third-order valence-corrected chi connectivity index (χ3v) is 3.34. The van der Waals surface area contributed by atoms with Gasteiger partial charge in [-0.15, -0.1) is 0 Å². The van der Waals surface area contributed by atoms with E-state index < -0.39 is 0 Å². The van der Waals surface area contributed by atoms with Crippen LogP contribution in [-0.2, 0) is 4.74 Å². The first-order valence-electron chi connectivity index (χ1n) is 6.53. The van der Waals surface area contributed by atoms with Gasteiger partial charge in [0.2, 0.25) is 0 Å². The second-order valence-electron chi connectivity index (χ2n) is 4.88. The molecule has 1 heterocycles. The smallest absolute Gasteiger partial charge is 0.0701 e. The highest BCUT2D eigenvalue weighted by atomic mass is 16.5. The van der Waals surface area contributed by atoms with Gasteiger partial charge in [0, 0.05) is 24.5 Å². The van der Waals surface area contributed by atoms with Crippen LogP contribution in [0.25, 0.3) is 0 Å². The zero-order valence-electron chi connectivity index (χ0n) is 10.9. The van der Waals surface area contributed by atoms with Gasteiger partial charge in [-0.3, -0.25) is 0 Å². The molecule has 0 radical (unpaired) electrons. The summed E-state index contributed by atoms with van der Waals surface area (Å²) in [6, 6.07) is 6.19. The van der Waals surface area contributed by atoms with E-state index in [0.29, 0.717) is 6.61 Å². The molecule has 0 aliphatic carbocycles. The van der Waals surface area contributed by atoms with E-state index in [-0.39, 0.29) is 12.7 Å². The van der Waals surface area contributed by atoms with Crippen LogP contribution in [-0.4, -0.2) is 37.5 Å². The maximum atomic E-state index is 8.74. The Labute approximate surface area is 108 Å². The van der Waals surface area contributed by atoms with E-state index in [0.717, 1.165) is 31.6 Å². The summed E-state index contributed by atoms with van der Waals surface area (Å²) >= 11 is 0. The number of nitrogens with two attached hydrogens (primary N) is 1. The number of anilines is 2. The first-order chi connectivity index (χ1) is 8.69.